The molecule has 24 heavy (non-hydrogen) atoms. The van der Waals surface area contributed by atoms with E-state index in [9.17, 15) is 13.2 Å². The molecule has 0 aliphatic carbocycles. The zero-order valence-electron chi connectivity index (χ0n) is 13.7. The summed E-state index contributed by atoms with van der Waals surface area (Å²) in [5, 5.41) is 0. The van der Waals surface area contributed by atoms with Crippen LogP contribution in [0, 0.1) is 6.92 Å². The second-order valence-corrected chi connectivity index (χ2v) is 6.13. The number of alkyl halides is 3. The number of hydrogen-bond donors (Lipinski definition) is 0. The Hall–Kier alpha value is -2.01. The summed E-state index contributed by atoms with van der Waals surface area (Å²) in [6.45, 7) is 4.69. The number of ether oxygens (including phenoxy) is 1. The number of aryl methyl sites for hydroxylation is 1. The molecule has 2 aromatic carbocycles. The van der Waals surface area contributed by atoms with Gasteiger partial charge in [-0.25, -0.2) is 0 Å². The van der Waals surface area contributed by atoms with Crippen molar-refractivity contribution in [2.45, 2.75) is 38.8 Å². The van der Waals surface area contributed by atoms with E-state index >= 15 is 0 Å². The fourth-order valence-corrected chi connectivity index (χ4v) is 2.94. The molecular formula is C19H20F3NO. The summed E-state index contributed by atoms with van der Waals surface area (Å²) < 4.78 is 45.0. The zero-order valence-corrected chi connectivity index (χ0v) is 13.7. The Labute approximate surface area is 139 Å². The molecule has 0 saturated carbocycles. The molecule has 2 atom stereocenters. The second kappa shape index (κ2) is 6.48. The maximum absolute atomic E-state index is 13.0. The Bertz CT molecular complexity index is 697. The SMILES string of the molecule is CCC1CN(c2ccc(C)cc2)C(c2cccc(C(F)(F)F)c2)O1. The molecular weight excluding hydrogens is 315 g/mol. The van der Waals surface area contributed by atoms with Crippen molar-refractivity contribution in [3.8, 4) is 0 Å². The third-order valence-electron chi connectivity index (χ3n) is 4.32. The quantitative estimate of drug-likeness (QED) is 0.752. The first-order valence-corrected chi connectivity index (χ1v) is 8.04. The van der Waals surface area contributed by atoms with Crippen molar-refractivity contribution in [1.29, 1.82) is 0 Å². The van der Waals surface area contributed by atoms with E-state index in [1.807, 2.05) is 43.0 Å². The van der Waals surface area contributed by atoms with E-state index in [0.29, 0.717) is 12.1 Å². The van der Waals surface area contributed by atoms with Gasteiger partial charge in [0.25, 0.3) is 0 Å². The average Bonchev–Trinajstić information content (AvgIpc) is 2.99. The summed E-state index contributed by atoms with van der Waals surface area (Å²) in [6, 6.07) is 13.4. The molecule has 0 bridgehead atoms. The Morgan fingerprint density at radius 2 is 1.83 bits per heavy atom. The zero-order chi connectivity index (χ0) is 17.3. The maximum Gasteiger partial charge on any atom is 0.416 e. The van der Waals surface area contributed by atoms with Crippen LogP contribution in [0.3, 0.4) is 0 Å². The third-order valence-corrected chi connectivity index (χ3v) is 4.32. The first kappa shape index (κ1) is 16.8. The first-order valence-electron chi connectivity index (χ1n) is 8.04. The van der Waals surface area contributed by atoms with Gasteiger partial charge in [-0.05, 0) is 37.6 Å². The lowest BCUT2D eigenvalue weighted by Crippen LogP contribution is -2.24. The van der Waals surface area contributed by atoms with Crippen LogP contribution in [0.1, 0.15) is 36.3 Å². The van der Waals surface area contributed by atoms with Gasteiger partial charge in [-0.2, -0.15) is 13.2 Å². The molecule has 1 aliphatic rings. The average molecular weight is 335 g/mol. The smallest absolute Gasteiger partial charge is 0.349 e. The van der Waals surface area contributed by atoms with Crippen molar-refractivity contribution in [2.75, 3.05) is 11.4 Å². The highest BCUT2D eigenvalue weighted by molar-refractivity contribution is 5.50. The maximum atomic E-state index is 13.0. The van der Waals surface area contributed by atoms with E-state index in [4.69, 9.17) is 4.74 Å². The molecule has 0 amide bonds. The van der Waals surface area contributed by atoms with E-state index in [1.165, 1.54) is 12.1 Å². The van der Waals surface area contributed by atoms with E-state index < -0.39 is 18.0 Å². The summed E-state index contributed by atoms with van der Waals surface area (Å²) in [5.41, 5.74) is 1.98. The van der Waals surface area contributed by atoms with Gasteiger partial charge in [0.1, 0.15) is 0 Å². The molecule has 0 N–H and O–H groups in total. The van der Waals surface area contributed by atoms with Crippen LogP contribution in [0.4, 0.5) is 18.9 Å². The van der Waals surface area contributed by atoms with Crippen molar-refractivity contribution in [1.82, 2.24) is 0 Å². The Kier molecular flexibility index (Phi) is 4.54. The van der Waals surface area contributed by atoms with E-state index in [0.717, 1.165) is 23.7 Å². The fraction of sp³-hybridized carbons (Fsp3) is 0.368. The van der Waals surface area contributed by atoms with E-state index in [-0.39, 0.29) is 6.10 Å². The first-order chi connectivity index (χ1) is 11.4. The Balaban J connectivity index is 1.96. The van der Waals surface area contributed by atoms with Gasteiger partial charge in [0, 0.05) is 17.8 Å². The number of benzene rings is 2. The number of halogens is 3. The van der Waals surface area contributed by atoms with Crippen molar-refractivity contribution < 1.29 is 17.9 Å². The highest BCUT2D eigenvalue weighted by atomic mass is 19.4. The van der Waals surface area contributed by atoms with Crippen molar-refractivity contribution >= 4 is 5.69 Å². The molecule has 2 nitrogen and oxygen atoms in total. The van der Waals surface area contributed by atoms with Crippen LogP contribution in [0.5, 0.6) is 0 Å². The molecule has 5 heteroatoms. The molecule has 2 aromatic rings. The number of hydrogen-bond acceptors (Lipinski definition) is 2. The molecule has 1 saturated heterocycles. The molecule has 0 radical (unpaired) electrons. The van der Waals surface area contributed by atoms with Crippen LogP contribution in [-0.2, 0) is 10.9 Å². The molecule has 2 unspecified atom stereocenters. The number of anilines is 1. The van der Waals surface area contributed by atoms with Crippen LogP contribution in [0.2, 0.25) is 0 Å². The lowest BCUT2D eigenvalue weighted by molar-refractivity contribution is -0.137. The van der Waals surface area contributed by atoms with Crippen LogP contribution in [0.25, 0.3) is 0 Å². The van der Waals surface area contributed by atoms with Gasteiger partial charge >= 0.3 is 6.18 Å². The number of nitrogens with zero attached hydrogens (tertiary/aromatic N) is 1. The second-order valence-electron chi connectivity index (χ2n) is 6.13. The molecule has 0 aromatic heterocycles. The van der Waals surface area contributed by atoms with Gasteiger partial charge < -0.3 is 9.64 Å². The molecule has 3 rings (SSSR count). The summed E-state index contributed by atoms with van der Waals surface area (Å²) in [7, 11) is 0. The lowest BCUT2D eigenvalue weighted by Gasteiger charge is -2.26. The minimum atomic E-state index is -4.35. The van der Waals surface area contributed by atoms with Crippen molar-refractivity contribution in [3.05, 3.63) is 65.2 Å². The monoisotopic (exact) mass is 335 g/mol. The molecule has 1 aliphatic heterocycles. The largest absolute Gasteiger partial charge is 0.416 e. The number of rotatable bonds is 3. The minimum absolute atomic E-state index is 0.00541. The van der Waals surface area contributed by atoms with Crippen LogP contribution in [-0.4, -0.2) is 12.6 Å². The van der Waals surface area contributed by atoms with Gasteiger partial charge in [0.15, 0.2) is 6.23 Å². The topological polar surface area (TPSA) is 12.5 Å². The summed E-state index contributed by atoms with van der Waals surface area (Å²) in [5.74, 6) is 0. The van der Waals surface area contributed by atoms with Gasteiger partial charge in [-0.1, -0.05) is 36.8 Å². The van der Waals surface area contributed by atoms with Crippen molar-refractivity contribution in [3.63, 3.8) is 0 Å². The third kappa shape index (κ3) is 3.41. The van der Waals surface area contributed by atoms with Crippen molar-refractivity contribution in [2.24, 2.45) is 0 Å². The Morgan fingerprint density at radius 3 is 2.46 bits per heavy atom. The highest BCUT2D eigenvalue weighted by Crippen LogP contribution is 2.38. The highest BCUT2D eigenvalue weighted by Gasteiger charge is 2.36. The summed E-state index contributed by atoms with van der Waals surface area (Å²) in [4.78, 5) is 2.03. The summed E-state index contributed by atoms with van der Waals surface area (Å²) >= 11 is 0. The van der Waals surface area contributed by atoms with Gasteiger partial charge in [0.2, 0.25) is 0 Å². The molecule has 1 fully saturated rings. The molecule has 0 spiro atoms. The summed E-state index contributed by atoms with van der Waals surface area (Å²) in [6.07, 6.45) is -4.03. The predicted molar refractivity (Wildman–Crippen MR) is 87.9 cm³/mol. The van der Waals surface area contributed by atoms with E-state index in [1.54, 1.807) is 6.07 Å². The minimum Gasteiger partial charge on any atom is -0.349 e. The van der Waals surface area contributed by atoms with Gasteiger partial charge in [0.05, 0.1) is 11.7 Å². The lowest BCUT2D eigenvalue weighted by atomic mass is 10.1. The van der Waals surface area contributed by atoms with Crippen LogP contribution >= 0.6 is 0 Å². The van der Waals surface area contributed by atoms with Gasteiger partial charge in [-0.3, -0.25) is 0 Å². The fourth-order valence-electron chi connectivity index (χ4n) is 2.94. The van der Waals surface area contributed by atoms with Crippen LogP contribution in [0.15, 0.2) is 48.5 Å². The normalized spacial score (nSPS) is 21.3. The van der Waals surface area contributed by atoms with Crippen LogP contribution < -0.4 is 4.90 Å². The van der Waals surface area contributed by atoms with Gasteiger partial charge in [-0.15, -0.1) is 0 Å². The van der Waals surface area contributed by atoms with E-state index in [2.05, 4.69) is 0 Å². The predicted octanol–water partition coefficient (Wildman–Crippen LogP) is 5.33. The Morgan fingerprint density at radius 1 is 1.12 bits per heavy atom. The molecule has 128 valence electrons. The standard InChI is InChI=1S/C19H20F3NO/c1-3-17-12-23(16-9-7-13(2)8-10-16)18(24-17)14-5-4-6-15(11-14)19(20,21)22/h4-11,17-18H,3,12H2,1-2H3. The molecule has 1 heterocycles.